The van der Waals surface area contributed by atoms with E-state index in [-0.39, 0.29) is 25.5 Å². The summed E-state index contributed by atoms with van der Waals surface area (Å²) in [6.07, 6.45) is 0.637. The molecule has 0 fully saturated rings. The number of nitrogens with one attached hydrogen (secondary N) is 1. The zero-order valence-corrected chi connectivity index (χ0v) is 19.2. The second-order valence-electron chi connectivity index (χ2n) is 7.46. The lowest BCUT2D eigenvalue weighted by atomic mass is 10.1. The standard InChI is InChI=1S/C24H28ClNO6/c1-4-30-21(27)14-16-31-23(29)24(2,3)32-20-11-5-17(6-12-20)13-15-26-22(28)18-7-9-19(25)10-8-18/h5-12H,4,13-16H2,1-3H3,(H,26,28). The lowest BCUT2D eigenvalue weighted by Gasteiger charge is -2.24. The van der Waals surface area contributed by atoms with E-state index in [0.717, 1.165) is 5.56 Å². The fourth-order valence-electron chi connectivity index (χ4n) is 2.72. The zero-order chi connectivity index (χ0) is 23.6. The Hall–Kier alpha value is -3.06. The Morgan fingerprint density at radius 3 is 2.25 bits per heavy atom. The molecule has 1 amide bonds. The van der Waals surface area contributed by atoms with Crippen LogP contribution in [-0.2, 0) is 25.5 Å². The van der Waals surface area contributed by atoms with Gasteiger partial charge in [0.05, 0.1) is 13.0 Å². The predicted molar refractivity (Wildman–Crippen MR) is 121 cm³/mol. The minimum Gasteiger partial charge on any atom is -0.476 e. The maximum Gasteiger partial charge on any atom is 0.349 e. The van der Waals surface area contributed by atoms with Crippen molar-refractivity contribution in [1.82, 2.24) is 5.32 Å². The SMILES string of the molecule is CCOC(=O)CCOC(=O)C(C)(C)Oc1ccc(CCNC(=O)c2ccc(Cl)cc2)cc1. The van der Waals surface area contributed by atoms with E-state index in [1.807, 2.05) is 12.1 Å². The summed E-state index contributed by atoms with van der Waals surface area (Å²) in [6, 6.07) is 13.9. The summed E-state index contributed by atoms with van der Waals surface area (Å²) in [5.41, 5.74) is 0.334. The molecule has 0 atom stereocenters. The Morgan fingerprint density at radius 1 is 0.969 bits per heavy atom. The van der Waals surface area contributed by atoms with Crippen molar-refractivity contribution in [2.24, 2.45) is 0 Å². The fourth-order valence-corrected chi connectivity index (χ4v) is 2.84. The Morgan fingerprint density at radius 2 is 1.62 bits per heavy atom. The fraction of sp³-hybridized carbons (Fsp3) is 0.375. The Balaban J connectivity index is 1.78. The highest BCUT2D eigenvalue weighted by atomic mass is 35.5. The van der Waals surface area contributed by atoms with Crippen LogP contribution < -0.4 is 10.1 Å². The van der Waals surface area contributed by atoms with Crippen LogP contribution in [-0.4, -0.2) is 43.2 Å². The first-order valence-electron chi connectivity index (χ1n) is 10.4. The van der Waals surface area contributed by atoms with Crippen LogP contribution in [0.2, 0.25) is 5.02 Å². The summed E-state index contributed by atoms with van der Waals surface area (Å²) >= 11 is 5.83. The summed E-state index contributed by atoms with van der Waals surface area (Å²) in [7, 11) is 0. The molecule has 0 heterocycles. The van der Waals surface area contributed by atoms with Gasteiger partial charge < -0.3 is 19.5 Å². The van der Waals surface area contributed by atoms with E-state index < -0.39 is 17.5 Å². The third-order valence-electron chi connectivity index (χ3n) is 4.44. The summed E-state index contributed by atoms with van der Waals surface area (Å²) in [5, 5.41) is 3.44. The van der Waals surface area contributed by atoms with Gasteiger partial charge in [-0.3, -0.25) is 9.59 Å². The number of halogens is 1. The van der Waals surface area contributed by atoms with Crippen molar-refractivity contribution < 1.29 is 28.6 Å². The topological polar surface area (TPSA) is 90.9 Å². The molecular formula is C24H28ClNO6. The molecule has 32 heavy (non-hydrogen) atoms. The van der Waals surface area contributed by atoms with E-state index in [9.17, 15) is 14.4 Å². The van der Waals surface area contributed by atoms with Crippen molar-refractivity contribution in [2.45, 2.75) is 39.2 Å². The van der Waals surface area contributed by atoms with Gasteiger partial charge in [-0.2, -0.15) is 0 Å². The molecule has 8 heteroatoms. The molecule has 0 aliphatic rings. The molecule has 0 bridgehead atoms. The summed E-state index contributed by atoms with van der Waals surface area (Å²) in [5.74, 6) is -0.647. The van der Waals surface area contributed by atoms with Crippen LogP contribution in [0.1, 0.15) is 43.1 Å². The largest absolute Gasteiger partial charge is 0.476 e. The van der Waals surface area contributed by atoms with E-state index in [1.165, 1.54) is 0 Å². The van der Waals surface area contributed by atoms with E-state index in [4.69, 9.17) is 25.8 Å². The molecule has 2 rings (SSSR count). The highest BCUT2D eigenvalue weighted by Crippen LogP contribution is 2.20. The summed E-state index contributed by atoms with van der Waals surface area (Å²) in [4.78, 5) is 35.7. The van der Waals surface area contributed by atoms with Gasteiger partial charge in [0.15, 0.2) is 5.60 Å². The molecule has 0 aromatic heterocycles. The number of rotatable bonds is 11. The van der Waals surface area contributed by atoms with Crippen molar-refractivity contribution in [3.05, 3.63) is 64.7 Å². The van der Waals surface area contributed by atoms with E-state index in [1.54, 1.807) is 57.2 Å². The Bertz CT molecular complexity index is 909. The van der Waals surface area contributed by atoms with Crippen LogP contribution in [0.3, 0.4) is 0 Å². The summed E-state index contributed by atoms with van der Waals surface area (Å²) in [6.45, 7) is 5.60. The summed E-state index contributed by atoms with van der Waals surface area (Å²) < 4.78 is 15.7. The monoisotopic (exact) mass is 461 g/mol. The Kier molecular flexibility index (Phi) is 9.53. The van der Waals surface area contributed by atoms with Crippen LogP contribution >= 0.6 is 11.6 Å². The van der Waals surface area contributed by atoms with Crippen molar-refractivity contribution in [3.63, 3.8) is 0 Å². The zero-order valence-electron chi connectivity index (χ0n) is 18.5. The number of benzene rings is 2. The van der Waals surface area contributed by atoms with Gasteiger partial charge in [0.2, 0.25) is 0 Å². The number of amides is 1. The van der Waals surface area contributed by atoms with Gasteiger partial charge in [-0.05, 0) is 69.2 Å². The molecule has 172 valence electrons. The molecule has 0 radical (unpaired) electrons. The lowest BCUT2D eigenvalue weighted by Crippen LogP contribution is -2.40. The third-order valence-corrected chi connectivity index (χ3v) is 4.69. The van der Waals surface area contributed by atoms with E-state index in [2.05, 4.69) is 5.32 Å². The second-order valence-corrected chi connectivity index (χ2v) is 7.90. The van der Waals surface area contributed by atoms with Crippen LogP contribution in [0, 0.1) is 0 Å². The highest BCUT2D eigenvalue weighted by Gasteiger charge is 2.32. The number of carbonyl (C=O) groups excluding carboxylic acids is 3. The van der Waals surface area contributed by atoms with Crippen LogP contribution in [0.5, 0.6) is 5.75 Å². The predicted octanol–water partition coefficient (Wildman–Crippen LogP) is 3.97. The third kappa shape index (κ3) is 8.23. The van der Waals surface area contributed by atoms with Gasteiger partial charge in [-0.1, -0.05) is 23.7 Å². The van der Waals surface area contributed by atoms with Crippen LogP contribution in [0.4, 0.5) is 0 Å². The first kappa shape index (κ1) is 25.2. The average molecular weight is 462 g/mol. The Labute approximate surface area is 193 Å². The molecular weight excluding hydrogens is 434 g/mol. The van der Waals surface area contributed by atoms with Gasteiger partial charge in [-0.25, -0.2) is 4.79 Å². The number of hydrogen-bond donors (Lipinski definition) is 1. The highest BCUT2D eigenvalue weighted by molar-refractivity contribution is 6.30. The van der Waals surface area contributed by atoms with Gasteiger partial charge in [0.25, 0.3) is 5.91 Å². The molecule has 1 N–H and O–H groups in total. The number of ether oxygens (including phenoxy) is 3. The molecule has 0 aliphatic carbocycles. The second kappa shape index (κ2) is 12.1. The smallest absolute Gasteiger partial charge is 0.349 e. The number of hydrogen-bond acceptors (Lipinski definition) is 6. The number of esters is 2. The molecule has 2 aromatic rings. The van der Waals surface area contributed by atoms with Gasteiger partial charge in [0.1, 0.15) is 12.4 Å². The molecule has 0 saturated heterocycles. The quantitative estimate of drug-likeness (QED) is 0.509. The normalized spacial score (nSPS) is 10.9. The molecule has 0 unspecified atom stereocenters. The molecule has 0 aliphatic heterocycles. The first-order valence-corrected chi connectivity index (χ1v) is 10.7. The maximum absolute atomic E-state index is 12.3. The lowest BCUT2D eigenvalue weighted by molar-refractivity contribution is -0.161. The van der Waals surface area contributed by atoms with E-state index >= 15 is 0 Å². The average Bonchev–Trinajstić information content (AvgIpc) is 2.75. The molecule has 7 nitrogen and oxygen atoms in total. The van der Waals surface area contributed by atoms with Crippen molar-refractivity contribution in [3.8, 4) is 5.75 Å². The van der Waals surface area contributed by atoms with Gasteiger partial charge >= 0.3 is 11.9 Å². The molecule has 0 saturated carbocycles. The van der Waals surface area contributed by atoms with Crippen LogP contribution in [0.25, 0.3) is 0 Å². The minimum atomic E-state index is -1.22. The van der Waals surface area contributed by atoms with Gasteiger partial charge in [0, 0.05) is 17.1 Å². The minimum absolute atomic E-state index is 0.00108. The van der Waals surface area contributed by atoms with Gasteiger partial charge in [-0.15, -0.1) is 0 Å². The maximum atomic E-state index is 12.3. The van der Waals surface area contributed by atoms with Crippen molar-refractivity contribution >= 4 is 29.4 Å². The molecule has 0 spiro atoms. The first-order chi connectivity index (χ1) is 15.2. The number of carbonyl (C=O) groups is 3. The van der Waals surface area contributed by atoms with Crippen molar-refractivity contribution in [2.75, 3.05) is 19.8 Å². The van der Waals surface area contributed by atoms with Crippen molar-refractivity contribution in [1.29, 1.82) is 0 Å². The van der Waals surface area contributed by atoms with E-state index in [0.29, 0.717) is 29.3 Å². The molecule has 2 aromatic carbocycles. The van der Waals surface area contributed by atoms with Crippen LogP contribution in [0.15, 0.2) is 48.5 Å².